The molecule has 0 radical (unpaired) electrons. The van der Waals surface area contributed by atoms with Gasteiger partial charge in [0.05, 0.1) is 0 Å². The van der Waals surface area contributed by atoms with Crippen molar-refractivity contribution in [3.63, 3.8) is 0 Å². The van der Waals surface area contributed by atoms with Crippen LogP contribution in [0.1, 0.15) is 19.3 Å². The van der Waals surface area contributed by atoms with Crippen LogP contribution in [0.5, 0.6) is 0 Å². The highest BCUT2D eigenvalue weighted by molar-refractivity contribution is 6.01. The quantitative estimate of drug-likeness (QED) is 0.629. The zero-order valence-electron chi connectivity index (χ0n) is 8.43. The number of aliphatic carboxylic acids is 1. The molecule has 0 aromatic carbocycles. The highest BCUT2D eigenvalue weighted by Gasteiger charge is 2.33. The number of carboxylic acid groups (broad SMARTS) is 1. The normalized spacial score (nSPS) is 20.1. The Morgan fingerprint density at radius 3 is 2.81 bits per heavy atom. The summed E-state index contributed by atoms with van der Waals surface area (Å²) in [5, 5.41) is 18.4. The average molecular weight is 222 g/mol. The number of aliphatic imine (C=N–C) groups is 1. The van der Waals surface area contributed by atoms with Crippen molar-refractivity contribution >= 4 is 17.7 Å². The van der Waals surface area contributed by atoms with Crippen LogP contribution in [0.25, 0.3) is 0 Å². The van der Waals surface area contributed by atoms with Gasteiger partial charge in [0.2, 0.25) is 5.88 Å². The lowest BCUT2D eigenvalue weighted by Crippen LogP contribution is -2.39. The maximum atomic E-state index is 10.9. The van der Waals surface area contributed by atoms with Gasteiger partial charge in [-0.25, -0.2) is 9.59 Å². The SMILES string of the molecule is O=C=C1C(C(=O)O)=C(O)N=C2CCCCN12. The van der Waals surface area contributed by atoms with Gasteiger partial charge in [-0.2, -0.15) is 4.99 Å². The number of carbonyl (C=O) groups excluding carboxylic acids is 1. The van der Waals surface area contributed by atoms with Crippen molar-refractivity contribution in [2.24, 2.45) is 4.99 Å². The van der Waals surface area contributed by atoms with Crippen LogP contribution >= 0.6 is 0 Å². The number of fused-ring (bicyclic) bond motifs is 1. The van der Waals surface area contributed by atoms with Crippen molar-refractivity contribution in [1.82, 2.24) is 4.90 Å². The molecule has 0 amide bonds. The second kappa shape index (κ2) is 3.83. The van der Waals surface area contributed by atoms with Crippen molar-refractivity contribution < 1.29 is 19.8 Å². The van der Waals surface area contributed by atoms with E-state index in [2.05, 4.69) is 4.99 Å². The van der Waals surface area contributed by atoms with Crippen molar-refractivity contribution in [2.45, 2.75) is 19.3 Å². The van der Waals surface area contributed by atoms with E-state index in [9.17, 15) is 14.7 Å². The first-order chi connectivity index (χ1) is 7.65. The third kappa shape index (κ3) is 1.49. The monoisotopic (exact) mass is 222 g/mol. The van der Waals surface area contributed by atoms with E-state index in [1.165, 1.54) is 4.90 Å². The number of rotatable bonds is 1. The lowest BCUT2D eigenvalue weighted by Gasteiger charge is -2.32. The number of nitrogens with zero attached hydrogens (tertiary/aromatic N) is 2. The molecule has 0 aliphatic carbocycles. The molecule has 2 aliphatic rings. The van der Waals surface area contributed by atoms with E-state index in [0.29, 0.717) is 18.8 Å². The zero-order chi connectivity index (χ0) is 11.7. The molecule has 2 rings (SSSR count). The molecule has 0 atom stereocenters. The summed E-state index contributed by atoms with van der Waals surface area (Å²) < 4.78 is 0. The van der Waals surface area contributed by atoms with E-state index in [0.717, 1.165) is 12.8 Å². The number of aliphatic hydroxyl groups is 1. The lowest BCUT2D eigenvalue weighted by atomic mass is 10.0. The zero-order valence-corrected chi connectivity index (χ0v) is 8.43. The second-order valence-electron chi connectivity index (χ2n) is 3.59. The molecule has 1 fully saturated rings. The van der Waals surface area contributed by atoms with E-state index in [1.54, 1.807) is 5.94 Å². The Morgan fingerprint density at radius 2 is 2.19 bits per heavy atom. The Labute approximate surface area is 91.2 Å². The van der Waals surface area contributed by atoms with Crippen LogP contribution in [0.2, 0.25) is 0 Å². The summed E-state index contributed by atoms with van der Waals surface area (Å²) in [6, 6.07) is 0. The van der Waals surface area contributed by atoms with Gasteiger partial charge in [0.25, 0.3) is 0 Å². The first kappa shape index (κ1) is 10.4. The summed E-state index contributed by atoms with van der Waals surface area (Å²) in [7, 11) is 0. The van der Waals surface area contributed by atoms with Gasteiger partial charge in [0.15, 0.2) is 11.5 Å². The number of carbonyl (C=O) groups is 1. The van der Waals surface area contributed by atoms with Crippen molar-refractivity contribution in [2.75, 3.05) is 6.54 Å². The largest absolute Gasteiger partial charge is 0.493 e. The predicted octanol–water partition coefficient (Wildman–Crippen LogP) is 0.454. The number of carboxylic acids is 1. The molecule has 2 aliphatic heterocycles. The first-order valence-corrected chi connectivity index (χ1v) is 4.92. The van der Waals surface area contributed by atoms with Crippen LogP contribution in [-0.2, 0) is 9.59 Å². The standard InChI is InChI=1S/C10H10N2O4/c13-5-6-8(10(15)16)9(14)11-7-3-1-2-4-12(6)7/h14H,1-4H2,(H,15,16). The second-order valence-corrected chi connectivity index (χ2v) is 3.59. The highest BCUT2D eigenvalue weighted by Crippen LogP contribution is 2.27. The molecule has 1 saturated heterocycles. The van der Waals surface area contributed by atoms with Gasteiger partial charge in [-0.3, -0.25) is 0 Å². The Morgan fingerprint density at radius 1 is 1.44 bits per heavy atom. The van der Waals surface area contributed by atoms with E-state index in [4.69, 9.17) is 5.11 Å². The van der Waals surface area contributed by atoms with E-state index in [1.807, 2.05) is 0 Å². The van der Waals surface area contributed by atoms with Crippen molar-refractivity contribution in [3.8, 4) is 0 Å². The molecule has 6 nitrogen and oxygen atoms in total. The molecule has 2 N–H and O–H groups in total. The van der Waals surface area contributed by atoms with E-state index < -0.39 is 17.4 Å². The van der Waals surface area contributed by atoms with Gasteiger partial charge in [0, 0.05) is 13.0 Å². The number of hydrogen-bond acceptors (Lipinski definition) is 5. The molecule has 0 bridgehead atoms. The third-order valence-corrected chi connectivity index (χ3v) is 2.62. The van der Waals surface area contributed by atoms with Crippen molar-refractivity contribution in [3.05, 3.63) is 17.2 Å². The van der Waals surface area contributed by atoms with E-state index in [-0.39, 0.29) is 5.70 Å². The van der Waals surface area contributed by atoms with Gasteiger partial charge >= 0.3 is 5.97 Å². The minimum Gasteiger partial charge on any atom is -0.493 e. The number of piperidine rings is 1. The highest BCUT2D eigenvalue weighted by atomic mass is 16.4. The predicted molar refractivity (Wildman–Crippen MR) is 54.5 cm³/mol. The van der Waals surface area contributed by atoms with Gasteiger partial charge in [-0.1, -0.05) is 0 Å². The summed E-state index contributed by atoms with van der Waals surface area (Å²) in [5.74, 6) is 0.129. The first-order valence-electron chi connectivity index (χ1n) is 4.92. The average Bonchev–Trinajstić information content (AvgIpc) is 2.26. The molecule has 0 saturated carbocycles. The minimum atomic E-state index is -1.37. The smallest absolute Gasteiger partial charge is 0.344 e. The molecule has 0 aromatic rings. The van der Waals surface area contributed by atoms with Gasteiger partial charge < -0.3 is 15.1 Å². The maximum Gasteiger partial charge on any atom is 0.344 e. The molecule has 0 spiro atoms. The summed E-state index contributed by atoms with van der Waals surface area (Å²) >= 11 is 0. The number of hydrogen-bond donors (Lipinski definition) is 2. The fourth-order valence-electron chi connectivity index (χ4n) is 1.90. The number of aliphatic hydroxyl groups excluding tert-OH is 1. The fourth-order valence-corrected chi connectivity index (χ4v) is 1.90. The molecular weight excluding hydrogens is 212 g/mol. The Bertz CT molecular complexity index is 457. The lowest BCUT2D eigenvalue weighted by molar-refractivity contribution is -0.132. The molecule has 0 aromatic heterocycles. The fraction of sp³-hybridized carbons (Fsp3) is 0.400. The summed E-state index contributed by atoms with van der Waals surface area (Å²) in [6.07, 6.45) is 2.40. The third-order valence-electron chi connectivity index (χ3n) is 2.62. The molecular formula is C10H10N2O4. The van der Waals surface area contributed by atoms with Gasteiger partial charge in [-0.15, -0.1) is 0 Å². The van der Waals surface area contributed by atoms with Crippen LogP contribution in [0.4, 0.5) is 0 Å². The number of amidine groups is 1. The van der Waals surface area contributed by atoms with Crippen LogP contribution in [-0.4, -0.2) is 39.4 Å². The van der Waals surface area contributed by atoms with Gasteiger partial charge in [0.1, 0.15) is 11.5 Å². The Kier molecular flexibility index (Phi) is 2.50. The Hall–Kier alpha value is -2.07. The van der Waals surface area contributed by atoms with Gasteiger partial charge in [-0.05, 0) is 12.8 Å². The molecule has 84 valence electrons. The van der Waals surface area contributed by atoms with Crippen molar-refractivity contribution in [1.29, 1.82) is 0 Å². The van der Waals surface area contributed by atoms with Crippen LogP contribution in [0.3, 0.4) is 0 Å². The summed E-state index contributed by atoms with van der Waals surface area (Å²) in [4.78, 5) is 27.0. The molecule has 16 heavy (non-hydrogen) atoms. The van der Waals surface area contributed by atoms with Crippen LogP contribution < -0.4 is 0 Å². The van der Waals surface area contributed by atoms with Crippen LogP contribution in [0, 0.1) is 0 Å². The maximum absolute atomic E-state index is 10.9. The summed E-state index contributed by atoms with van der Waals surface area (Å²) in [5.41, 5.74) is -0.602. The molecule has 6 heteroatoms. The minimum absolute atomic E-state index is 0.130. The topological polar surface area (TPSA) is 90.2 Å². The summed E-state index contributed by atoms with van der Waals surface area (Å²) in [6.45, 7) is 0.535. The molecule has 2 heterocycles. The van der Waals surface area contributed by atoms with E-state index >= 15 is 0 Å². The molecule has 0 unspecified atom stereocenters. The van der Waals surface area contributed by atoms with Crippen LogP contribution in [0.15, 0.2) is 22.1 Å². The Balaban J connectivity index is 2.54.